The van der Waals surface area contributed by atoms with Crippen LogP contribution < -0.4 is 0 Å². The van der Waals surface area contributed by atoms with E-state index in [-0.39, 0.29) is 11.3 Å². The molecule has 1 heterocycles. The van der Waals surface area contributed by atoms with Gasteiger partial charge in [-0.15, -0.1) is 0 Å². The van der Waals surface area contributed by atoms with Gasteiger partial charge in [0, 0.05) is 0 Å². The van der Waals surface area contributed by atoms with E-state index in [2.05, 4.69) is 4.98 Å². The van der Waals surface area contributed by atoms with Crippen molar-refractivity contribution < 1.29 is 23.8 Å². The summed E-state index contributed by atoms with van der Waals surface area (Å²) in [4.78, 5) is 13.6. The fraction of sp³-hybridized carbons (Fsp3) is 0.250. The van der Waals surface area contributed by atoms with Crippen LogP contribution in [-0.2, 0) is 11.2 Å². The van der Waals surface area contributed by atoms with Gasteiger partial charge in [0.15, 0.2) is 0 Å². The lowest BCUT2D eigenvalue weighted by atomic mass is 10.1. The molecule has 0 saturated carbocycles. The Bertz CT molecular complexity index is 354. The maximum absolute atomic E-state index is 12.3. The molecule has 14 heavy (non-hydrogen) atoms. The zero-order valence-corrected chi connectivity index (χ0v) is 6.94. The maximum Gasteiger partial charge on any atom is 0.307 e. The molecular weight excluding hydrogens is 196 g/mol. The van der Waals surface area contributed by atoms with Gasteiger partial charge >= 0.3 is 5.97 Å². The minimum atomic E-state index is -2.84. The molecule has 0 aromatic carbocycles. The number of nitrogens with zero attached hydrogens (tertiary/aromatic N) is 1. The van der Waals surface area contributed by atoms with Crippen LogP contribution in [0, 0.1) is 0 Å². The first-order valence-corrected chi connectivity index (χ1v) is 3.68. The normalized spacial score (nSPS) is 10.5. The summed E-state index contributed by atoms with van der Waals surface area (Å²) in [6.45, 7) is 0. The van der Waals surface area contributed by atoms with E-state index in [4.69, 9.17) is 10.2 Å². The van der Waals surface area contributed by atoms with Gasteiger partial charge in [-0.3, -0.25) is 9.78 Å². The van der Waals surface area contributed by atoms with E-state index in [0.717, 1.165) is 12.3 Å². The molecule has 0 fully saturated rings. The Labute approximate surface area is 77.8 Å². The Morgan fingerprint density at radius 2 is 2.21 bits per heavy atom. The summed E-state index contributed by atoms with van der Waals surface area (Å²) >= 11 is 0. The molecule has 0 aliphatic heterocycles. The fourth-order valence-electron chi connectivity index (χ4n) is 1.01. The number of rotatable bonds is 3. The van der Waals surface area contributed by atoms with Gasteiger partial charge in [-0.05, 0) is 11.6 Å². The second-order valence-corrected chi connectivity index (χ2v) is 2.61. The van der Waals surface area contributed by atoms with Gasteiger partial charge in [-0.1, -0.05) is 0 Å². The van der Waals surface area contributed by atoms with Crippen LogP contribution in [0.2, 0.25) is 0 Å². The van der Waals surface area contributed by atoms with Gasteiger partial charge in [-0.2, -0.15) is 0 Å². The minimum Gasteiger partial charge on any atom is -0.506 e. The smallest absolute Gasteiger partial charge is 0.307 e. The van der Waals surface area contributed by atoms with E-state index >= 15 is 0 Å². The summed E-state index contributed by atoms with van der Waals surface area (Å²) in [7, 11) is 0. The van der Waals surface area contributed by atoms with E-state index in [1.54, 1.807) is 0 Å². The Balaban J connectivity index is 3.09. The molecule has 1 rings (SSSR count). The molecule has 0 aliphatic rings. The third-order valence-corrected chi connectivity index (χ3v) is 1.54. The van der Waals surface area contributed by atoms with Crippen molar-refractivity contribution in [3.63, 3.8) is 0 Å². The third kappa shape index (κ3) is 2.38. The zero-order valence-electron chi connectivity index (χ0n) is 6.94. The first-order chi connectivity index (χ1) is 6.50. The van der Waals surface area contributed by atoms with Gasteiger partial charge < -0.3 is 10.2 Å². The SMILES string of the molecule is O=C(O)Cc1cc(O)cnc1C(F)F. The summed E-state index contributed by atoms with van der Waals surface area (Å²) in [5, 5.41) is 17.3. The van der Waals surface area contributed by atoms with Crippen LogP contribution in [-0.4, -0.2) is 21.2 Å². The maximum atomic E-state index is 12.3. The summed E-state index contributed by atoms with van der Waals surface area (Å²) in [6, 6.07) is 0.975. The van der Waals surface area contributed by atoms with E-state index in [1.807, 2.05) is 0 Å². The lowest BCUT2D eigenvalue weighted by molar-refractivity contribution is -0.136. The number of hydrogen-bond acceptors (Lipinski definition) is 3. The Morgan fingerprint density at radius 3 is 2.71 bits per heavy atom. The number of hydrogen-bond donors (Lipinski definition) is 2. The number of pyridine rings is 1. The number of carboxylic acid groups (broad SMARTS) is 1. The molecule has 4 nitrogen and oxygen atoms in total. The monoisotopic (exact) mass is 203 g/mol. The molecule has 0 unspecified atom stereocenters. The molecule has 76 valence electrons. The second-order valence-electron chi connectivity index (χ2n) is 2.61. The van der Waals surface area contributed by atoms with Gasteiger partial charge in [0.1, 0.15) is 11.4 Å². The van der Waals surface area contributed by atoms with Crippen LogP contribution in [0.4, 0.5) is 8.78 Å². The molecule has 0 aliphatic carbocycles. The lowest BCUT2D eigenvalue weighted by Gasteiger charge is -2.05. The molecule has 0 amide bonds. The molecule has 0 saturated heterocycles. The quantitative estimate of drug-likeness (QED) is 0.777. The van der Waals surface area contributed by atoms with Crippen LogP contribution in [0.3, 0.4) is 0 Å². The molecule has 1 aromatic heterocycles. The fourth-order valence-corrected chi connectivity index (χ4v) is 1.01. The molecule has 6 heteroatoms. The number of alkyl halides is 2. The van der Waals surface area contributed by atoms with Crippen molar-refractivity contribution >= 4 is 5.97 Å². The predicted octanol–water partition coefficient (Wildman–Crippen LogP) is 1.35. The van der Waals surface area contributed by atoms with Crippen molar-refractivity contribution in [3.05, 3.63) is 23.5 Å². The standard InChI is InChI=1S/C8H7F2NO3/c9-8(10)7-4(2-6(13)14)1-5(12)3-11-7/h1,3,8,12H,2H2,(H,13,14). The van der Waals surface area contributed by atoms with Gasteiger partial charge in [-0.25, -0.2) is 8.78 Å². The Hall–Kier alpha value is -1.72. The Kier molecular flexibility index (Phi) is 2.95. The lowest BCUT2D eigenvalue weighted by Crippen LogP contribution is -2.05. The topological polar surface area (TPSA) is 70.4 Å². The van der Waals surface area contributed by atoms with Crippen molar-refractivity contribution in [3.8, 4) is 5.75 Å². The first-order valence-electron chi connectivity index (χ1n) is 3.68. The van der Waals surface area contributed by atoms with E-state index in [0.29, 0.717) is 0 Å². The van der Waals surface area contributed by atoms with Crippen molar-refractivity contribution in [2.45, 2.75) is 12.8 Å². The number of aromatic nitrogens is 1. The highest BCUT2D eigenvalue weighted by molar-refractivity contribution is 5.70. The van der Waals surface area contributed by atoms with Crippen molar-refractivity contribution in [2.24, 2.45) is 0 Å². The summed E-state index contributed by atoms with van der Waals surface area (Å²) in [6.07, 6.45) is -2.57. The second kappa shape index (κ2) is 3.99. The number of carbonyl (C=O) groups is 1. The van der Waals surface area contributed by atoms with Gasteiger partial charge in [0.05, 0.1) is 12.6 Å². The molecule has 0 radical (unpaired) electrons. The highest BCUT2D eigenvalue weighted by atomic mass is 19.3. The molecule has 0 spiro atoms. The number of carboxylic acids is 1. The van der Waals surface area contributed by atoms with Crippen LogP contribution in [0.25, 0.3) is 0 Å². The summed E-state index contributed by atoms with van der Waals surface area (Å²) < 4.78 is 24.5. The zero-order chi connectivity index (χ0) is 10.7. The Morgan fingerprint density at radius 1 is 1.57 bits per heavy atom. The molecular formula is C8H7F2NO3. The summed E-state index contributed by atoms with van der Waals surface area (Å²) in [5.41, 5.74) is -0.780. The van der Waals surface area contributed by atoms with Crippen LogP contribution in [0.5, 0.6) is 5.75 Å². The molecule has 0 atom stereocenters. The number of aromatic hydroxyl groups is 1. The number of aliphatic carboxylic acids is 1. The van der Waals surface area contributed by atoms with Crippen molar-refractivity contribution in [1.82, 2.24) is 4.98 Å². The van der Waals surface area contributed by atoms with E-state index in [1.165, 1.54) is 0 Å². The van der Waals surface area contributed by atoms with Crippen molar-refractivity contribution in [2.75, 3.05) is 0 Å². The van der Waals surface area contributed by atoms with Crippen molar-refractivity contribution in [1.29, 1.82) is 0 Å². The predicted molar refractivity (Wildman–Crippen MR) is 42.2 cm³/mol. The third-order valence-electron chi connectivity index (χ3n) is 1.54. The van der Waals surface area contributed by atoms with Gasteiger partial charge in [0.25, 0.3) is 6.43 Å². The average Bonchev–Trinajstić information content (AvgIpc) is 2.01. The molecule has 0 bridgehead atoms. The molecule has 1 aromatic rings. The van der Waals surface area contributed by atoms with E-state index in [9.17, 15) is 13.6 Å². The first kappa shape index (κ1) is 10.4. The largest absolute Gasteiger partial charge is 0.506 e. The van der Waals surface area contributed by atoms with E-state index < -0.39 is 24.5 Å². The molecule has 2 N–H and O–H groups in total. The average molecular weight is 203 g/mol. The minimum absolute atomic E-state index is 0.174. The highest BCUT2D eigenvalue weighted by Crippen LogP contribution is 2.23. The van der Waals surface area contributed by atoms with Gasteiger partial charge in [0.2, 0.25) is 0 Å². The van der Waals surface area contributed by atoms with Crippen LogP contribution in [0.15, 0.2) is 12.3 Å². The van der Waals surface area contributed by atoms with Crippen LogP contribution >= 0.6 is 0 Å². The number of halogens is 2. The van der Waals surface area contributed by atoms with Crippen LogP contribution in [0.1, 0.15) is 17.7 Å². The highest BCUT2D eigenvalue weighted by Gasteiger charge is 2.17. The summed E-state index contributed by atoms with van der Waals surface area (Å²) in [5.74, 6) is -1.58.